The molecule has 94 valence electrons. The van der Waals surface area contributed by atoms with Crippen molar-refractivity contribution >= 4 is 22.4 Å². The highest BCUT2D eigenvalue weighted by atomic mass is 32.1. The summed E-state index contributed by atoms with van der Waals surface area (Å²) in [4.78, 5) is 17.1. The number of thiazole rings is 1. The maximum absolute atomic E-state index is 10.6. The molecule has 0 bridgehead atoms. The van der Waals surface area contributed by atoms with Crippen molar-refractivity contribution in [1.82, 2.24) is 4.98 Å². The van der Waals surface area contributed by atoms with E-state index < -0.39 is 5.97 Å². The van der Waals surface area contributed by atoms with Crippen LogP contribution in [0.15, 0.2) is 5.38 Å². The predicted octanol–water partition coefficient (Wildman–Crippen LogP) is 1.39. The number of nitrogens with zero attached hydrogens (tertiary/aromatic N) is 2. The van der Waals surface area contributed by atoms with Crippen LogP contribution in [0, 0.1) is 0 Å². The summed E-state index contributed by atoms with van der Waals surface area (Å²) in [6, 6.07) is 0. The van der Waals surface area contributed by atoms with E-state index in [9.17, 15) is 4.79 Å². The molecule has 1 fully saturated rings. The zero-order valence-corrected chi connectivity index (χ0v) is 10.8. The Kier molecular flexibility index (Phi) is 3.35. The van der Waals surface area contributed by atoms with E-state index in [0.29, 0.717) is 12.3 Å². The highest BCUT2D eigenvalue weighted by molar-refractivity contribution is 7.13. The number of carboxylic acid groups (broad SMARTS) is 1. The highest BCUT2D eigenvalue weighted by Crippen LogP contribution is 2.26. The van der Waals surface area contributed by atoms with Gasteiger partial charge in [0.15, 0.2) is 5.13 Å². The number of carbonyl (C=O) groups is 1. The molecule has 1 saturated heterocycles. The molecule has 1 N–H and O–H groups in total. The van der Waals surface area contributed by atoms with E-state index in [4.69, 9.17) is 9.84 Å². The van der Waals surface area contributed by atoms with Gasteiger partial charge in [0.25, 0.3) is 0 Å². The van der Waals surface area contributed by atoms with Crippen LogP contribution in [0.3, 0.4) is 0 Å². The number of anilines is 1. The lowest BCUT2D eigenvalue weighted by Crippen LogP contribution is -2.48. The van der Waals surface area contributed by atoms with Crippen LogP contribution in [0.5, 0.6) is 0 Å². The first kappa shape index (κ1) is 12.3. The Labute approximate surface area is 104 Å². The minimum Gasteiger partial charge on any atom is -0.481 e. The molecule has 1 aromatic rings. The predicted molar refractivity (Wildman–Crippen MR) is 65.7 cm³/mol. The van der Waals surface area contributed by atoms with E-state index in [-0.39, 0.29) is 12.0 Å². The molecule has 0 aromatic carbocycles. The summed E-state index contributed by atoms with van der Waals surface area (Å²) in [6.45, 7) is 6.37. The summed E-state index contributed by atoms with van der Waals surface area (Å²) in [7, 11) is 0. The molecular formula is C11H16N2O3S. The smallest absolute Gasteiger partial charge is 0.309 e. The lowest BCUT2D eigenvalue weighted by atomic mass is 10.1. The molecule has 0 spiro atoms. The summed E-state index contributed by atoms with van der Waals surface area (Å²) in [6.07, 6.45) is -0.00969. The van der Waals surface area contributed by atoms with Crippen molar-refractivity contribution in [2.75, 3.05) is 24.6 Å². The largest absolute Gasteiger partial charge is 0.481 e. The standard InChI is InChI=1S/C11H16N2O3S/c1-11(2)7-13(3-4-16-11)10-12-8(6-17-10)5-9(14)15/h6H,3-5,7H2,1-2H3,(H,14,15). The zero-order valence-electron chi connectivity index (χ0n) is 9.97. The van der Waals surface area contributed by atoms with Gasteiger partial charge in [0, 0.05) is 18.5 Å². The number of carboxylic acids is 1. The van der Waals surface area contributed by atoms with Gasteiger partial charge in [-0.25, -0.2) is 4.98 Å². The third-order valence-corrected chi connectivity index (χ3v) is 3.52. The molecule has 17 heavy (non-hydrogen) atoms. The van der Waals surface area contributed by atoms with E-state index in [1.165, 1.54) is 11.3 Å². The average Bonchev–Trinajstić information content (AvgIpc) is 2.63. The van der Waals surface area contributed by atoms with Gasteiger partial charge in [0.1, 0.15) is 0 Å². The molecule has 2 rings (SSSR count). The Morgan fingerprint density at radius 3 is 3.12 bits per heavy atom. The van der Waals surface area contributed by atoms with Crippen molar-refractivity contribution in [3.63, 3.8) is 0 Å². The number of ether oxygens (including phenoxy) is 1. The van der Waals surface area contributed by atoms with Crippen LogP contribution in [0.4, 0.5) is 5.13 Å². The van der Waals surface area contributed by atoms with Crippen LogP contribution in [0.1, 0.15) is 19.5 Å². The van der Waals surface area contributed by atoms with Gasteiger partial charge in [-0.15, -0.1) is 11.3 Å². The van der Waals surface area contributed by atoms with Crippen molar-refractivity contribution in [2.24, 2.45) is 0 Å². The second-order valence-electron chi connectivity index (χ2n) is 4.72. The molecule has 2 heterocycles. The van der Waals surface area contributed by atoms with Gasteiger partial charge in [0.05, 0.1) is 24.3 Å². The Hall–Kier alpha value is -1.14. The molecule has 5 nitrogen and oxygen atoms in total. The van der Waals surface area contributed by atoms with Crippen LogP contribution in [0.2, 0.25) is 0 Å². The van der Waals surface area contributed by atoms with Crippen LogP contribution >= 0.6 is 11.3 Å². The van der Waals surface area contributed by atoms with Crippen molar-refractivity contribution in [3.05, 3.63) is 11.1 Å². The summed E-state index contributed by atoms with van der Waals surface area (Å²) in [5.41, 5.74) is 0.457. The van der Waals surface area contributed by atoms with Crippen LogP contribution in [-0.4, -0.2) is 41.4 Å². The van der Waals surface area contributed by atoms with Crippen LogP contribution < -0.4 is 4.90 Å². The summed E-state index contributed by atoms with van der Waals surface area (Å²) < 4.78 is 5.63. The Balaban J connectivity index is 2.06. The molecule has 0 saturated carbocycles. The lowest BCUT2D eigenvalue weighted by molar-refractivity contribution is -0.136. The topological polar surface area (TPSA) is 62.7 Å². The first-order valence-electron chi connectivity index (χ1n) is 5.51. The first-order chi connectivity index (χ1) is 7.96. The normalized spacial score (nSPS) is 19.3. The van der Waals surface area contributed by atoms with E-state index in [1.807, 2.05) is 19.2 Å². The second-order valence-corrected chi connectivity index (χ2v) is 5.56. The molecule has 1 aliphatic rings. The van der Waals surface area contributed by atoms with Crippen molar-refractivity contribution < 1.29 is 14.6 Å². The monoisotopic (exact) mass is 256 g/mol. The Bertz CT molecular complexity index is 417. The minimum absolute atomic E-state index is 0.00969. The quantitative estimate of drug-likeness (QED) is 0.885. The molecule has 6 heteroatoms. The third kappa shape index (κ3) is 3.17. The number of hydrogen-bond donors (Lipinski definition) is 1. The lowest BCUT2D eigenvalue weighted by Gasteiger charge is -2.37. The number of hydrogen-bond acceptors (Lipinski definition) is 5. The first-order valence-corrected chi connectivity index (χ1v) is 6.39. The van der Waals surface area contributed by atoms with Crippen LogP contribution in [0.25, 0.3) is 0 Å². The number of aromatic nitrogens is 1. The van der Waals surface area contributed by atoms with Gasteiger partial charge in [-0.2, -0.15) is 0 Å². The second kappa shape index (κ2) is 4.62. The maximum Gasteiger partial charge on any atom is 0.309 e. The molecular weight excluding hydrogens is 240 g/mol. The van der Waals surface area contributed by atoms with E-state index in [0.717, 1.165) is 18.2 Å². The van der Waals surface area contributed by atoms with Crippen LogP contribution in [-0.2, 0) is 16.0 Å². The number of morpholine rings is 1. The Morgan fingerprint density at radius 2 is 2.47 bits per heavy atom. The van der Waals surface area contributed by atoms with E-state index in [2.05, 4.69) is 9.88 Å². The number of rotatable bonds is 3. The Morgan fingerprint density at radius 1 is 1.71 bits per heavy atom. The van der Waals surface area contributed by atoms with E-state index >= 15 is 0 Å². The molecule has 1 aliphatic heterocycles. The van der Waals surface area contributed by atoms with Crippen molar-refractivity contribution in [1.29, 1.82) is 0 Å². The summed E-state index contributed by atoms with van der Waals surface area (Å²) in [5.74, 6) is -0.843. The third-order valence-electron chi connectivity index (χ3n) is 2.57. The van der Waals surface area contributed by atoms with Gasteiger partial charge in [0.2, 0.25) is 0 Å². The summed E-state index contributed by atoms with van der Waals surface area (Å²) in [5, 5.41) is 11.4. The minimum atomic E-state index is -0.843. The molecule has 0 radical (unpaired) electrons. The maximum atomic E-state index is 10.6. The van der Waals surface area contributed by atoms with Gasteiger partial charge in [-0.05, 0) is 13.8 Å². The van der Waals surface area contributed by atoms with Gasteiger partial charge in [-0.1, -0.05) is 0 Å². The molecule has 0 aliphatic carbocycles. The van der Waals surface area contributed by atoms with Gasteiger partial charge < -0.3 is 14.7 Å². The average molecular weight is 256 g/mol. The fourth-order valence-corrected chi connectivity index (χ4v) is 2.71. The fraction of sp³-hybridized carbons (Fsp3) is 0.636. The fourth-order valence-electron chi connectivity index (χ4n) is 1.86. The summed E-state index contributed by atoms with van der Waals surface area (Å²) >= 11 is 1.49. The number of aliphatic carboxylic acids is 1. The SMILES string of the molecule is CC1(C)CN(c2nc(CC(=O)O)cs2)CCO1. The van der Waals surface area contributed by atoms with Crippen molar-refractivity contribution in [2.45, 2.75) is 25.9 Å². The highest BCUT2D eigenvalue weighted by Gasteiger charge is 2.28. The molecule has 0 atom stereocenters. The van der Waals surface area contributed by atoms with Crippen molar-refractivity contribution in [3.8, 4) is 0 Å². The van der Waals surface area contributed by atoms with Gasteiger partial charge >= 0.3 is 5.97 Å². The molecule has 0 unspecified atom stereocenters. The van der Waals surface area contributed by atoms with E-state index in [1.54, 1.807) is 0 Å². The zero-order chi connectivity index (χ0) is 12.5. The molecule has 1 aromatic heterocycles. The molecule has 0 amide bonds. The van der Waals surface area contributed by atoms with Gasteiger partial charge in [-0.3, -0.25) is 4.79 Å².